The van der Waals surface area contributed by atoms with Crippen molar-refractivity contribution in [2.24, 2.45) is 0 Å². The maximum Gasteiger partial charge on any atom is 0.242 e. The Morgan fingerprint density at radius 2 is 1.66 bits per heavy atom. The van der Waals surface area contributed by atoms with Crippen molar-refractivity contribution in [2.45, 2.75) is 58.5 Å². The van der Waals surface area contributed by atoms with E-state index in [1.54, 1.807) is 35.2 Å². The number of carbonyl (C=O) groups is 2. The summed E-state index contributed by atoms with van der Waals surface area (Å²) in [7, 11) is -3.51. The van der Waals surface area contributed by atoms with Gasteiger partial charge >= 0.3 is 0 Å². The predicted molar refractivity (Wildman–Crippen MR) is 142 cm³/mol. The minimum absolute atomic E-state index is 0.0993. The van der Waals surface area contributed by atoms with Crippen molar-refractivity contribution in [3.05, 3.63) is 65.2 Å². The van der Waals surface area contributed by atoms with E-state index in [9.17, 15) is 18.0 Å². The van der Waals surface area contributed by atoms with Crippen molar-refractivity contribution >= 4 is 39.1 Å². The number of unbranched alkanes of at least 4 members (excludes halogenated alkanes) is 1. The molecule has 0 saturated carbocycles. The molecule has 1 atom stereocenters. The molecule has 0 aromatic heterocycles. The maximum atomic E-state index is 13.4. The van der Waals surface area contributed by atoms with Gasteiger partial charge < -0.3 is 10.2 Å². The first kappa shape index (κ1) is 28.7. The van der Waals surface area contributed by atoms with Crippen molar-refractivity contribution in [2.75, 3.05) is 23.7 Å². The van der Waals surface area contributed by atoms with Crippen LogP contribution in [0.25, 0.3) is 0 Å². The lowest BCUT2D eigenvalue weighted by atomic mass is 10.1. The zero-order valence-corrected chi connectivity index (χ0v) is 22.3. The van der Waals surface area contributed by atoms with Gasteiger partial charge in [-0.3, -0.25) is 13.9 Å². The van der Waals surface area contributed by atoms with Crippen LogP contribution in [-0.2, 0) is 26.2 Å². The monoisotopic (exact) mass is 521 g/mol. The van der Waals surface area contributed by atoms with Gasteiger partial charge in [0.05, 0.1) is 11.9 Å². The van der Waals surface area contributed by atoms with Gasteiger partial charge in [-0.15, -0.1) is 0 Å². The highest BCUT2D eigenvalue weighted by Gasteiger charge is 2.29. The minimum Gasteiger partial charge on any atom is -0.354 e. The molecule has 0 aliphatic carbocycles. The number of hydrogen-bond donors (Lipinski definition) is 1. The lowest BCUT2D eigenvalue weighted by Crippen LogP contribution is -2.49. The van der Waals surface area contributed by atoms with Gasteiger partial charge in [0.1, 0.15) is 6.04 Å². The largest absolute Gasteiger partial charge is 0.354 e. The fraction of sp³-hybridized carbons (Fsp3) is 0.462. The Kier molecular flexibility index (Phi) is 11.5. The van der Waals surface area contributed by atoms with Crippen LogP contribution in [-0.4, -0.2) is 50.5 Å². The van der Waals surface area contributed by atoms with E-state index >= 15 is 0 Å². The molecular formula is C26H36ClN3O4S. The van der Waals surface area contributed by atoms with Crippen LogP contribution < -0.4 is 9.62 Å². The van der Waals surface area contributed by atoms with E-state index in [0.29, 0.717) is 30.1 Å². The Labute approximate surface area is 214 Å². The first-order valence-corrected chi connectivity index (χ1v) is 14.2. The highest BCUT2D eigenvalue weighted by Crippen LogP contribution is 2.22. The van der Waals surface area contributed by atoms with Gasteiger partial charge in [0.15, 0.2) is 0 Å². The zero-order valence-electron chi connectivity index (χ0n) is 20.7. The number of hydrogen-bond acceptors (Lipinski definition) is 4. The third kappa shape index (κ3) is 8.85. The Morgan fingerprint density at radius 1 is 1.00 bits per heavy atom. The standard InChI is InChI=1S/C26H36ClN3O4S/c1-4-6-18-28-26(32)24(5-2)29(20-21-13-10-11-16-23(21)27)25(31)17-12-19-30(35(3,33)34)22-14-8-7-9-15-22/h7-11,13-16,24H,4-6,12,17-20H2,1-3H3,(H,28,32). The van der Waals surface area contributed by atoms with Crippen LogP contribution in [0.4, 0.5) is 5.69 Å². The van der Waals surface area contributed by atoms with Gasteiger partial charge in [0, 0.05) is 31.1 Å². The lowest BCUT2D eigenvalue weighted by Gasteiger charge is -2.31. The first-order chi connectivity index (χ1) is 16.7. The number of nitrogens with one attached hydrogen (secondary N) is 1. The highest BCUT2D eigenvalue weighted by molar-refractivity contribution is 7.92. The number of halogens is 1. The molecule has 0 heterocycles. The predicted octanol–water partition coefficient (Wildman–Crippen LogP) is 4.61. The molecule has 2 aromatic rings. The molecule has 2 rings (SSSR count). The molecule has 2 amide bonds. The number of nitrogens with zero attached hydrogens (tertiary/aromatic N) is 2. The Bertz CT molecular complexity index is 1060. The third-order valence-corrected chi connectivity index (χ3v) is 7.27. The van der Waals surface area contributed by atoms with Crippen LogP contribution in [0.15, 0.2) is 54.6 Å². The molecule has 1 N–H and O–H groups in total. The number of amides is 2. The van der Waals surface area contributed by atoms with Crippen molar-refractivity contribution < 1.29 is 18.0 Å². The molecule has 0 radical (unpaired) electrons. The quantitative estimate of drug-likeness (QED) is 0.368. The van der Waals surface area contributed by atoms with E-state index in [0.717, 1.165) is 24.7 Å². The van der Waals surface area contributed by atoms with Gasteiger partial charge in [-0.25, -0.2) is 8.42 Å². The molecule has 192 valence electrons. The summed E-state index contributed by atoms with van der Waals surface area (Å²) in [4.78, 5) is 27.9. The van der Waals surface area contributed by atoms with Crippen molar-refractivity contribution in [1.29, 1.82) is 0 Å². The van der Waals surface area contributed by atoms with E-state index < -0.39 is 16.1 Å². The molecule has 9 heteroatoms. The Hall–Kier alpha value is -2.58. The maximum absolute atomic E-state index is 13.4. The summed E-state index contributed by atoms with van der Waals surface area (Å²) in [5.74, 6) is -0.410. The lowest BCUT2D eigenvalue weighted by molar-refractivity contribution is -0.141. The summed E-state index contributed by atoms with van der Waals surface area (Å²) in [5.41, 5.74) is 1.31. The molecule has 1 unspecified atom stereocenters. The second-order valence-corrected chi connectivity index (χ2v) is 10.8. The molecule has 0 bridgehead atoms. The molecule has 0 spiro atoms. The molecule has 0 aliphatic heterocycles. The van der Waals surface area contributed by atoms with E-state index in [1.807, 2.05) is 38.1 Å². The number of sulfonamides is 1. The van der Waals surface area contributed by atoms with Gasteiger partial charge in [-0.1, -0.05) is 68.3 Å². The number of para-hydroxylation sites is 1. The van der Waals surface area contributed by atoms with E-state index in [2.05, 4.69) is 5.32 Å². The average molecular weight is 522 g/mol. The van der Waals surface area contributed by atoms with Crippen LogP contribution in [0.1, 0.15) is 51.5 Å². The smallest absolute Gasteiger partial charge is 0.242 e. The number of carbonyl (C=O) groups excluding carboxylic acids is 2. The summed E-state index contributed by atoms with van der Waals surface area (Å²) < 4.78 is 26.0. The van der Waals surface area contributed by atoms with Crippen molar-refractivity contribution in [1.82, 2.24) is 10.2 Å². The van der Waals surface area contributed by atoms with E-state index in [4.69, 9.17) is 11.6 Å². The Morgan fingerprint density at radius 3 is 2.26 bits per heavy atom. The minimum atomic E-state index is -3.51. The van der Waals surface area contributed by atoms with Crippen molar-refractivity contribution in [3.63, 3.8) is 0 Å². The van der Waals surface area contributed by atoms with E-state index in [1.165, 1.54) is 4.31 Å². The summed E-state index contributed by atoms with van der Waals surface area (Å²) in [6, 6.07) is 15.4. The van der Waals surface area contributed by atoms with Crippen LogP contribution in [0, 0.1) is 0 Å². The fourth-order valence-electron chi connectivity index (χ4n) is 3.83. The second kappa shape index (κ2) is 14.1. The normalized spacial score (nSPS) is 12.1. The zero-order chi connectivity index (χ0) is 25.8. The van der Waals surface area contributed by atoms with Gasteiger partial charge in [-0.2, -0.15) is 0 Å². The number of benzene rings is 2. The molecule has 0 saturated heterocycles. The second-order valence-electron chi connectivity index (χ2n) is 8.46. The van der Waals surface area contributed by atoms with Gasteiger partial charge in [-0.05, 0) is 43.0 Å². The van der Waals surface area contributed by atoms with E-state index in [-0.39, 0.29) is 31.3 Å². The SMILES string of the molecule is CCCCNC(=O)C(CC)N(Cc1ccccc1Cl)C(=O)CCCN(c1ccccc1)S(C)(=O)=O. The molecule has 35 heavy (non-hydrogen) atoms. The van der Waals surface area contributed by atoms with Gasteiger partial charge in [0.25, 0.3) is 0 Å². The van der Waals surface area contributed by atoms with Crippen LogP contribution in [0.3, 0.4) is 0 Å². The molecule has 2 aromatic carbocycles. The summed E-state index contributed by atoms with van der Waals surface area (Å²) >= 11 is 6.35. The highest BCUT2D eigenvalue weighted by atomic mass is 35.5. The molecule has 7 nitrogen and oxygen atoms in total. The van der Waals surface area contributed by atoms with Crippen LogP contribution >= 0.6 is 11.6 Å². The summed E-state index contributed by atoms with van der Waals surface area (Å²) in [6.07, 6.45) is 3.84. The molecule has 0 aliphatic rings. The van der Waals surface area contributed by atoms with Crippen molar-refractivity contribution in [3.8, 4) is 0 Å². The Balaban J connectivity index is 2.19. The third-order valence-electron chi connectivity index (χ3n) is 5.71. The fourth-order valence-corrected chi connectivity index (χ4v) is 4.99. The summed E-state index contributed by atoms with van der Waals surface area (Å²) in [5, 5.41) is 3.46. The first-order valence-electron chi connectivity index (χ1n) is 12.0. The van der Waals surface area contributed by atoms with Crippen LogP contribution in [0.2, 0.25) is 5.02 Å². The molecule has 0 fully saturated rings. The number of anilines is 1. The average Bonchev–Trinajstić information content (AvgIpc) is 2.82. The van der Waals surface area contributed by atoms with Crippen LogP contribution in [0.5, 0.6) is 0 Å². The number of rotatable bonds is 14. The topological polar surface area (TPSA) is 86.8 Å². The molecular weight excluding hydrogens is 486 g/mol. The van der Waals surface area contributed by atoms with Gasteiger partial charge in [0.2, 0.25) is 21.8 Å². The summed E-state index contributed by atoms with van der Waals surface area (Å²) in [6.45, 7) is 4.84.